The monoisotopic (exact) mass is 676 g/mol. The van der Waals surface area contributed by atoms with Gasteiger partial charge in [-0.3, -0.25) is 14.2 Å². The van der Waals surface area contributed by atoms with Crippen LogP contribution in [0.25, 0.3) is 32.6 Å². The van der Waals surface area contributed by atoms with E-state index < -0.39 is 11.4 Å². The molecule has 1 saturated heterocycles. The fraction of sp³-hybridized carbons (Fsp3) is 0.343. The summed E-state index contributed by atoms with van der Waals surface area (Å²) < 4.78 is 22.8. The number of carbonyl (C=O) groups excluding carboxylic acids is 1. The smallest absolute Gasteiger partial charge is 0.274 e. The number of hydrogen-bond donors (Lipinski definition) is 0. The van der Waals surface area contributed by atoms with Crippen molar-refractivity contribution in [3.8, 4) is 22.6 Å². The second kappa shape index (κ2) is 13.3. The standard InChI is InChI=1S/C35H35Cl2FN6O3/c1-9-27(45)42-12-13-43(20(6)16-42)33-22-14-24(37)21(28-26(47-8)11-10-23(36)29(28)38)15-25(22)44(35(46)32(33)39-7)34-30(18(2)3)40-17-41-31(34)19(4)5/h9-11,14-15,17-20H,1,12-13,16H2,2-6,8H3/t20-/m0/s1. The van der Waals surface area contributed by atoms with Crippen molar-refractivity contribution in [3.63, 3.8) is 0 Å². The molecule has 47 heavy (non-hydrogen) atoms. The highest BCUT2D eigenvalue weighted by atomic mass is 35.5. The summed E-state index contributed by atoms with van der Waals surface area (Å²) in [6.45, 7) is 22.7. The van der Waals surface area contributed by atoms with Crippen LogP contribution in [0.2, 0.25) is 10.0 Å². The Bertz CT molecular complexity index is 1990. The highest BCUT2D eigenvalue weighted by molar-refractivity contribution is 6.35. The van der Waals surface area contributed by atoms with Gasteiger partial charge in [0.1, 0.15) is 12.1 Å². The Morgan fingerprint density at radius 1 is 1.11 bits per heavy atom. The Kier molecular flexibility index (Phi) is 9.62. The summed E-state index contributed by atoms with van der Waals surface area (Å²) in [4.78, 5) is 43.8. The third-order valence-electron chi connectivity index (χ3n) is 8.47. The normalized spacial score (nSPS) is 15.0. The fourth-order valence-electron chi connectivity index (χ4n) is 6.24. The first-order valence-electron chi connectivity index (χ1n) is 15.2. The topological polar surface area (TPSA) is 84.9 Å². The van der Waals surface area contributed by atoms with Gasteiger partial charge in [-0.05, 0) is 49.1 Å². The minimum Gasteiger partial charge on any atom is -0.496 e. The highest BCUT2D eigenvalue weighted by Crippen LogP contribution is 2.45. The Hall–Kier alpha value is -4.46. The average Bonchev–Trinajstić information content (AvgIpc) is 3.05. The SMILES string of the molecule is [C-]#[N+]c1c(N2CCN(C(=O)C=C)C[C@@H]2C)c2cc(Cl)c(-c3c(OC)ccc(Cl)c3F)cc2n(-c2c(C(C)C)ncnc2C(C)C)c1=O. The number of benzene rings is 2. The van der Waals surface area contributed by atoms with Gasteiger partial charge in [-0.2, -0.15) is 0 Å². The number of carbonyl (C=O) groups is 1. The molecule has 244 valence electrons. The van der Waals surface area contributed by atoms with E-state index in [0.717, 1.165) is 0 Å². The summed E-state index contributed by atoms with van der Waals surface area (Å²) >= 11 is 13.2. The number of anilines is 1. The maximum atomic E-state index is 15.8. The van der Waals surface area contributed by atoms with E-state index in [1.807, 2.05) is 39.5 Å². The fourth-order valence-corrected chi connectivity index (χ4v) is 6.66. The molecule has 5 rings (SSSR count). The molecule has 0 N–H and O–H groups in total. The van der Waals surface area contributed by atoms with E-state index in [2.05, 4.69) is 21.4 Å². The molecule has 0 spiro atoms. The predicted octanol–water partition coefficient (Wildman–Crippen LogP) is 7.92. The van der Waals surface area contributed by atoms with Gasteiger partial charge in [0, 0.05) is 41.6 Å². The summed E-state index contributed by atoms with van der Waals surface area (Å²) in [6, 6.07) is 5.96. The molecule has 0 radical (unpaired) electrons. The number of methoxy groups -OCH3 is 1. The van der Waals surface area contributed by atoms with E-state index in [0.29, 0.717) is 53.3 Å². The van der Waals surface area contributed by atoms with Gasteiger partial charge in [-0.15, -0.1) is 0 Å². The summed E-state index contributed by atoms with van der Waals surface area (Å²) in [7, 11) is 1.42. The van der Waals surface area contributed by atoms with Gasteiger partial charge in [-0.25, -0.2) is 19.2 Å². The molecule has 0 bridgehead atoms. The van der Waals surface area contributed by atoms with Gasteiger partial charge in [-0.1, -0.05) is 57.5 Å². The summed E-state index contributed by atoms with van der Waals surface area (Å²) in [6.07, 6.45) is 2.75. The predicted molar refractivity (Wildman–Crippen MR) is 185 cm³/mol. The van der Waals surface area contributed by atoms with Crippen LogP contribution in [0.4, 0.5) is 15.8 Å². The van der Waals surface area contributed by atoms with Crippen LogP contribution in [0.3, 0.4) is 0 Å². The molecule has 1 fully saturated rings. The Balaban J connectivity index is 1.97. The number of piperazine rings is 1. The molecule has 1 amide bonds. The van der Waals surface area contributed by atoms with Gasteiger partial charge in [0.25, 0.3) is 11.2 Å². The summed E-state index contributed by atoms with van der Waals surface area (Å²) in [5.74, 6) is -0.957. The van der Waals surface area contributed by atoms with Crippen LogP contribution in [0.1, 0.15) is 57.8 Å². The first-order valence-corrected chi connectivity index (χ1v) is 16.0. The van der Waals surface area contributed by atoms with Crippen LogP contribution in [0, 0.1) is 12.4 Å². The zero-order chi connectivity index (χ0) is 34.3. The molecule has 4 aromatic rings. The molecule has 2 aromatic heterocycles. The second-order valence-electron chi connectivity index (χ2n) is 12.1. The van der Waals surface area contributed by atoms with Gasteiger partial charge < -0.3 is 14.5 Å². The second-order valence-corrected chi connectivity index (χ2v) is 12.9. The van der Waals surface area contributed by atoms with Crippen molar-refractivity contribution in [1.29, 1.82) is 0 Å². The minimum atomic E-state index is -0.732. The summed E-state index contributed by atoms with van der Waals surface area (Å²) in [5.41, 5.74) is 2.03. The van der Waals surface area contributed by atoms with Crippen molar-refractivity contribution in [3.05, 3.63) is 92.3 Å². The lowest BCUT2D eigenvalue weighted by atomic mass is 9.97. The van der Waals surface area contributed by atoms with Crippen LogP contribution in [0.5, 0.6) is 5.75 Å². The average molecular weight is 678 g/mol. The van der Waals surface area contributed by atoms with E-state index in [1.165, 1.54) is 30.1 Å². The van der Waals surface area contributed by atoms with Crippen LogP contribution in [0.15, 0.2) is 48.0 Å². The molecule has 1 atom stereocenters. The van der Waals surface area contributed by atoms with Crippen molar-refractivity contribution in [2.45, 2.75) is 52.5 Å². The number of amides is 1. The zero-order valence-corrected chi connectivity index (χ0v) is 28.6. The number of rotatable bonds is 7. The van der Waals surface area contributed by atoms with Crippen molar-refractivity contribution in [2.75, 3.05) is 31.6 Å². The third kappa shape index (κ3) is 5.83. The molecule has 0 aliphatic carbocycles. The minimum absolute atomic E-state index is 0.0316. The van der Waals surface area contributed by atoms with Gasteiger partial charge >= 0.3 is 0 Å². The molecular weight excluding hydrogens is 642 g/mol. The molecule has 2 aromatic carbocycles. The first-order chi connectivity index (χ1) is 22.4. The number of ether oxygens (including phenoxy) is 1. The van der Waals surface area contributed by atoms with Crippen molar-refractivity contribution in [2.24, 2.45) is 0 Å². The number of hydrogen-bond acceptors (Lipinski definition) is 6. The number of halogens is 3. The lowest BCUT2D eigenvalue weighted by Gasteiger charge is -2.42. The summed E-state index contributed by atoms with van der Waals surface area (Å²) in [5, 5.41) is 0.527. The third-order valence-corrected chi connectivity index (χ3v) is 9.07. The molecule has 1 aliphatic heterocycles. The quantitative estimate of drug-likeness (QED) is 0.146. The maximum Gasteiger partial charge on any atom is 0.274 e. The van der Waals surface area contributed by atoms with E-state index in [1.54, 1.807) is 23.1 Å². The molecular formula is C35H35Cl2FN6O3. The molecule has 0 unspecified atom stereocenters. The first kappa shape index (κ1) is 33.9. The van der Waals surface area contributed by atoms with E-state index in [-0.39, 0.29) is 56.4 Å². The lowest BCUT2D eigenvalue weighted by Crippen LogP contribution is -2.53. The number of pyridine rings is 1. The van der Waals surface area contributed by atoms with Crippen molar-refractivity contribution in [1.82, 2.24) is 19.4 Å². The van der Waals surface area contributed by atoms with Crippen molar-refractivity contribution < 1.29 is 13.9 Å². The zero-order valence-electron chi connectivity index (χ0n) is 27.1. The molecule has 9 nitrogen and oxygen atoms in total. The van der Waals surface area contributed by atoms with E-state index in [9.17, 15) is 9.59 Å². The maximum absolute atomic E-state index is 15.8. The van der Waals surface area contributed by atoms with E-state index in [4.69, 9.17) is 34.5 Å². The highest BCUT2D eigenvalue weighted by Gasteiger charge is 2.33. The Morgan fingerprint density at radius 2 is 1.77 bits per heavy atom. The Labute approximate surface area is 283 Å². The van der Waals surface area contributed by atoms with Crippen LogP contribution in [-0.2, 0) is 4.79 Å². The van der Waals surface area contributed by atoms with Crippen LogP contribution < -0.4 is 15.2 Å². The van der Waals surface area contributed by atoms with Crippen molar-refractivity contribution >= 4 is 51.4 Å². The van der Waals surface area contributed by atoms with Gasteiger partial charge in [0.05, 0.1) is 52.5 Å². The lowest BCUT2D eigenvalue weighted by molar-refractivity contribution is -0.126. The largest absolute Gasteiger partial charge is 0.496 e. The molecule has 0 saturated carbocycles. The Morgan fingerprint density at radius 3 is 2.32 bits per heavy atom. The van der Waals surface area contributed by atoms with Gasteiger partial charge in [0.15, 0.2) is 5.82 Å². The van der Waals surface area contributed by atoms with Crippen LogP contribution in [-0.4, -0.2) is 58.1 Å². The van der Waals surface area contributed by atoms with Crippen LogP contribution >= 0.6 is 23.2 Å². The number of aromatic nitrogens is 3. The molecule has 1 aliphatic rings. The number of nitrogens with zero attached hydrogens (tertiary/aromatic N) is 6. The van der Waals surface area contributed by atoms with Gasteiger partial charge in [0.2, 0.25) is 5.91 Å². The molecule has 3 heterocycles. The molecule has 12 heteroatoms. The van der Waals surface area contributed by atoms with E-state index >= 15 is 4.39 Å². The number of fused-ring (bicyclic) bond motifs is 1.